The van der Waals surface area contributed by atoms with Gasteiger partial charge in [-0.15, -0.1) is 0 Å². The van der Waals surface area contributed by atoms with Gasteiger partial charge < -0.3 is 20.5 Å². The molecule has 1 heterocycles. The molecular formula is C47H48N2O5. The van der Waals surface area contributed by atoms with Gasteiger partial charge in [0.15, 0.2) is 5.78 Å². The van der Waals surface area contributed by atoms with E-state index < -0.39 is 17.5 Å². The summed E-state index contributed by atoms with van der Waals surface area (Å²) in [6.45, 7) is 3.42. The van der Waals surface area contributed by atoms with E-state index >= 15 is 0 Å². The van der Waals surface area contributed by atoms with Crippen molar-refractivity contribution in [3.8, 4) is 0 Å². The van der Waals surface area contributed by atoms with E-state index in [4.69, 9.17) is 10.5 Å². The minimum absolute atomic E-state index is 0.0346. The average Bonchev–Trinajstić information content (AvgIpc) is 3.19. The highest BCUT2D eigenvalue weighted by Gasteiger charge is 2.43. The molecule has 7 heteroatoms. The lowest BCUT2D eigenvalue weighted by atomic mass is 9.79. The molecule has 1 amide bonds. The summed E-state index contributed by atoms with van der Waals surface area (Å²) in [7, 11) is 0. The van der Waals surface area contributed by atoms with Gasteiger partial charge in [-0.1, -0.05) is 128 Å². The Morgan fingerprint density at radius 1 is 0.759 bits per heavy atom. The Labute approximate surface area is 318 Å². The first-order chi connectivity index (χ1) is 26.2. The number of ether oxygens (including phenoxy) is 1. The lowest BCUT2D eigenvalue weighted by Crippen LogP contribution is -2.42. The molecule has 0 unspecified atom stereocenters. The number of hydrogen-bond acceptors (Lipinski definition) is 6. The molecule has 0 saturated carbocycles. The predicted molar refractivity (Wildman–Crippen MR) is 213 cm³/mol. The minimum atomic E-state index is -1.01. The second-order valence-electron chi connectivity index (χ2n) is 14.2. The summed E-state index contributed by atoms with van der Waals surface area (Å²) >= 11 is 0. The zero-order chi connectivity index (χ0) is 37.9. The fourth-order valence-electron chi connectivity index (χ4n) is 7.61. The van der Waals surface area contributed by atoms with Crippen LogP contribution in [0.1, 0.15) is 94.3 Å². The Balaban J connectivity index is 1.26. The number of hydrogen-bond donors (Lipinski definition) is 2. The maximum atomic E-state index is 14.2. The number of primary amides is 1. The van der Waals surface area contributed by atoms with Crippen molar-refractivity contribution in [3.05, 3.63) is 184 Å². The van der Waals surface area contributed by atoms with Crippen LogP contribution >= 0.6 is 0 Å². The number of esters is 1. The molecule has 1 aliphatic rings. The summed E-state index contributed by atoms with van der Waals surface area (Å²) in [5.41, 5.74) is 10.7. The smallest absolute Gasteiger partial charge is 0.338 e. The van der Waals surface area contributed by atoms with Crippen LogP contribution < -0.4 is 10.6 Å². The van der Waals surface area contributed by atoms with Crippen LogP contribution in [0.5, 0.6) is 0 Å². The lowest BCUT2D eigenvalue weighted by Gasteiger charge is -2.39. The highest BCUT2D eigenvalue weighted by molar-refractivity contribution is 6.07. The fraction of sp³-hybridized carbons (Fsp3) is 0.255. The molecule has 2 atom stereocenters. The molecule has 5 aromatic rings. The van der Waals surface area contributed by atoms with Gasteiger partial charge in [0.1, 0.15) is 11.4 Å². The topological polar surface area (TPSA) is 110 Å². The summed E-state index contributed by atoms with van der Waals surface area (Å²) in [5.74, 6) is -1.73. The molecule has 0 saturated heterocycles. The highest BCUT2D eigenvalue weighted by Crippen LogP contribution is 2.43. The van der Waals surface area contributed by atoms with Crippen molar-refractivity contribution in [2.75, 3.05) is 4.90 Å². The van der Waals surface area contributed by atoms with Crippen molar-refractivity contribution in [2.24, 2.45) is 5.73 Å². The van der Waals surface area contributed by atoms with Gasteiger partial charge in [-0.25, -0.2) is 4.79 Å². The predicted octanol–water partition coefficient (Wildman–Crippen LogP) is 9.67. The molecule has 6 rings (SSSR count). The van der Waals surface area contributed by atoms with E-state index in [0.29, 0.717) is 45.2 Å². The van der Waals surface area contributed by atoms with Crippen molar-refractivity contribution < 1.29 is 24.2 Å². The highest BCUT2D eigenvalue weighted by atomic mass is 16.6. The molecule has 3 N–H and O–H groups in total. The third-order valence-corrected chi connectivity index (χ3v) is 10.4. The van der Waals surface area contributed by atoms with Crippen LogP contribution in [-0.4, -0.2) is 28.4 Å². The summed E-state index contributed by atoms with van der Waals surface area (Å²) in [6.07, 6.45) is 2.75. The standard InChI is InChI=1S/C47H48N2O5/c1-2-39(37-22-14-23-38(30-37)49(32-35-18-8-4-9-19-35)33-36-20-10-5-11-21-36)44-43(51)31-47(54-46(44)53,29-27-34-16-6-3-7-17-34)28-15-26-42(50)40-24-12-13-25-41(40)45(48)52/h3-14,16-25,30,39,51H,2,15,26-29,31-33H2,1H3,(H2,48,52)/t39-,47-/m1/s1. The number of carbonyl (C=O) groups excluding carboxylic acids is 3. The van der Waals surface area contributed by atoms with Crippen molar-refractivity contribution >= 4 is 23.3 Å². The number of aliphatic hydroxyl groups excluding tert-OH is 1. The first-order valence-electron chi connectivity index (χ1n) is 18.8. The number of nitrogens with zero attached hydrogens (tertiary/aromatic N) is 1. The first kappa shape index (κ1) is 37.8. The molecule has 276 valence electrons. The van der Waals surface area contributed by atoms with Gasteiger partial charge >= 0.3 is 5.97 Å². The zero-order valence-electron chi connectivity index (χ0n) is 30.8. The zero-order valence-corrected chi connectivity index (χ0v) is 30.8. The largest absolute Gasteiger partial charge is 0.512 e. The molecule has 1 aliphatic heterocycles. The molecule has 0 spiro atoms. The third-order valence-electron chi connectivity index (χ3n) is 10.4. The number of ketones is 1. The second-order valence-corrected chi connectivity index (χ2v) is 14.2. The molecule has 0 bridgehead atoms. The molecule has 0 fully saturated rings. The molecule has 0 radical (unpaired) electrons. The van der Waals surface area contributed by atoms with Crippen molar-refractivity contribution in [1.29, 1.82) is 0 Å². The SMILES string of the molecule is CC[C@@H](C1=C(O)C[C@@](CCCC(=O)c2ccccc2C(N)=O)(CCc2ccccc2)OC1=O)c1cccc(N(Cc2ccccc2)Cc2ccccc2)c1. The van der Waals surface area contributed by atoms with Gasteiger partial charge in [0, 0.05) is 48.7 Å². The number of aryl methyl sites for hydroxylation is 1. The van der Waals surface area contributed by atoms with E-state index in [-0.39, 0.29) is 47.0 Å². The minimum Gasteiger partial charge on any atom is -0.512 e. The second kappa shape index (κ2) is 17.7. The molecule has 5 aromatic carbocycles. The summed E-state index contributed by atoms with van der Waals surface area (Å²) in [5, 5.41) is 11.8. The number of nitrogens with two attached hydrogens (primary N) is 1. The first-order valence-corrected chi connectivity index (χ1v) is 18.8. The maximum absolute atomic E-state index is 14.2. The summed E-state index contributed by atoms with van der Waals surface area (Å²) < 4.78 is 6.42. The molecule has 54 heavy (non-hydrogen) atoms. The van der Waals surface area contributed by atoms with E-state index in [1.165, 1.54) is 11.1 Å². The Morgan fingerprint density at radius 2 is 1.33 bits per heavy atom. The van der Waals surface area contributed by atoms with Crippen LogP contribution in [-0.2, 0) is 29.0 Å². The molecule has 7 nitrogen and oxygen atoms in total. The summed E-state index contributed by atoms with van der Waals surface area (Å²) in [6, 6.07) is 45.5. The maximum Gasteiger partial charge on any atom is 0.338 e. The lowest BCUT2D eigenvalue weighted by molar-refractivity contribution is -0.161. The number of carbonyl (C=O) groups is 3. The number of cyclic esters (lactones) is 1. The Morgan fingerprint density at radius 3 is 1.91 bits per heavy atom. The number of aliphatic hydroxyl groups is 1. The van der Waals surface area contributed by atoms with Gasteiger partial charge in [0.05, 0.1) is 5.57 Å². The van der Waals surface area contributed by atoms with Crippen LogP contribution in [0.3, 0.4) is 0 Å². The molecular weight excluding hydrogens is 673 g/mol. The van der Waals surface area contributed by atoms with Gasteiger partial charge in [0.25, 0.3) is 0 Å². The third kappa shape index (κ3) is 9.34. The van der Waals surface area contributed by atoms with Gasteiger partial charge in [0.2, 0.25) is 5.91 Å². The van der Waals surface area contributed by atoms with Crippen LogP contribution in [0.25, 0.3) is 0 Å². The normalized spacial score (nSPS) is 16.1. The quantitative estimate of drug-likeness (QED) is 0.0732. The van der Waals surface area contributed by atoms with E-state index in [2.05, 4.69) is 41.3 Å². The van der Waals surface area contributed by atoms with E-state index in [9.17, 15) is 19.5 Å². The van der Waals surface area contributed by atoms with Crippen molar-refractivity contribution in [2.45, 2.75) is 76.5 Å². The van der Waals surface area contributed by atoms with Gasteiger partial charge in [-0.3, -0.25) is 9.59 Å². The van der Waals surface area contributed by atoms with Crippen molar-refractivity contribution in [3.63, 3.8) is 0 Å². The average molecular weight is 721 g/mol. The monoisotopic (exact) mass is 720 g/mol. The van der Waals surface area contributed by atoms with Crippen LogP contribution in [0.4, 0.5) is 5.69 Å². The fourth-order valence-corrected chi connectivity index (χ4v) is 7.61. The number of amides is 1. The van der Waals surface area contributed by atoms with E-state index in [1.807, 2.05) is 85.8 Å². The number of Topliss-reactive ketones (excluding diaryl/α,β-unsaturated/α-hetero) is 1. The Kier molecular flexibility index (Phi) is 12.4. The van der Waals surface area contributed by atoms with Crippen LogP contribution in [0, 0.1) is 0 Å². The molecule has 0 aliphatic carbocycles. The van der Waals surface area contributed by atoms with Gasteiger partial charge in [-0.05, 0) is 72.6 Å². The Hall–Kier alpha value is -5.95. The van der Waals surface area contributed by atoms with E-state index in [0.717, 1.165) is 16.8 Å². The summed E-state index contributed by atoms with van der Waals surface area (Å²) in [4.78, 5) is 41.7. The Bertz CT molecular complexity index is 2040. The van der Waals surface area contributed by atoms with E-state index in [1.54, 1.807) is 24.3 Å². The van der Waals surface area contributed by atoms with Crippen molar-refractivity contribution in [1.82, 2.24) is 0 Å². The number of anilines is 1. The number of benzene rings is 5. The number of rotatable bonds is 17. The van der Waals surface area contributed by atoms with Gasteiger partial charge in [-0.2, -0.15) is 0 Å². The van der Waals surface area contributed by atoms with Crippen LogP contribution in [0.15, 0.2) is 151 Å². The molecule has 0 aromatic heterocycles. The van der Waals surface area contributed by atoms with Crippen LogP contribution in [0.2, 0.25) is 0 Å².